The highest BCUT2D eigenvalue weighted by atomic mass is 16.6. The van der Waals surface area contributed by atoms with E-state index < -0.39 is 34.7 Å². The number of furan rings is 1. The molecule has 11 atom stereocenters. The second-order valence-corrected chi connectivity index (χ2v) is 14.0. The molecule has 9 heteroatoms. The van der Waals surface area contributed by atoms with Gasteiger partial charge in [-0.3, -0.25) is 14.4 Å². The van der Waals surface area contributed by atoms with Crippen LogP contribution >= 0.6 is 0 Å². The lowest BCUT2D eigenvalue weighted by molar-refractivity contribution is -0.455. The number of cyclic esters (lactones) is 1. The van der Waals surface area contributed by atoms with Crippen LogP contribution in [0.5, 0.6) is 0 Å². The van der Waals surface area contributed by atoms with Gasteiger partial charge in [-0.25, -0.2) is 0 Å². The van der Waals surface area contributed by atoms with Gasteiger partial charge < -0.3 is 28.5 Å². The molecule has 0 radical (unpaired) electrons. The van der Waals surface area contributed by atoms with E-state index in [0.29, 0.717) is 6.42 Å². The molecule has 1 N–H and O–H groups in total. The highest BCUT2D eigenvalue weighted by Gasteiger charge is 2.80. The maximum Gasteiger partial charge on any atom is 0.308 e. The summed E-state index contributed by atoms with van der Waals surface area (Å²) in [4.78, 5) is 39.0. The molecule has 3 aliphatic heterocycles. The van der Waals surface area contributed by atoms with Crippen LogP contribution in [0.25, 0.3) is 0 Å². The van der Waals surface area contributed by atoms with Crippen LogP contribution in [0.3, 0.4) is 0 Å². The van der Waals surface area contributed by atoms with E-state index in [9.17, 15) is 19.5 Å². The summed E-state index contributed by atoms with van der Waals surface area (Å²) in [5.74, 6) is -3.73. The van der Waals surface area contributed by atoms with Crippen LogP contribution in [0, 0.1) is 51.8 Å². The molecule has 6 aliphatic rings. The van der Waals surface area contributed by atoms with Gasteiger partial charge in [0.25, 0.3) is 0 Å². The molecule has 1 aromatic rings. The van der Waals surface area contributed by atoms with Gasteiger partial charge in [0.1, 0.15) is 12.2 Å². The number of fused-ring (bicyclic) bond motifs is 4. The third kappa shape index (κ3) is 3.49. The number of methoxy groups -OCH3 is 1. The van der Waals surface area contributed by atoms with Crippen molar-refractivity contribution in [3.63, 3.8) is 0 Å². The molecule has 0 aromatic carbocycles. The minimum Gasteiger partial charge on any atom is -0.472 e. The fraction of sp³-hybridized carbons (Fsp3) is 0.774. The molecule has 7 rings (SSSR count). The lowest BCUT2D eigenvalue weighted by atomic mass is 9.34. The van der Waals surface area contributed by atoms with Crippen LogP contribution in [0.2, 0.25) is 0 Å². The molecule has 3 aliphatic carbocycles. The van der Waals surface area contributed by atoms with E-state index in [1.54, 1.807) is 26.4 Å². The Bertz CT molecular complexity index is 1190. The molecular formula is C31H42O9. The number of ether oxygens (including phenoxy) is 4. The van der Waals surface area contributed by atoms with E-state index in [0.717, 1.165) is 18.4 Å². The average Bonchev–Trinajstić information content (AvgIpc) is 3.44. The zero-order valence-electron chi connectivity index (χ0n) is 24.3. The second-order valence-electron chi connectivity index (χ2n) is 14.0. The van der Waals surface area contributed by atoms with Gasteiger partial charge in [0.05, 0.1) is 38.1 Å². The largest absolute Gasteiger partial charge is 0.472 e. The fourth-order valence-corrected chi connectivity index (χ4v) is 9.97. The van der Waals surface area contributed by atoms with Gasteiger partial charge in [0.2, 0.25) is 0 Å². The van der Waals surface area contributed by atoms with Gasteiger partial charge in [-0.15, -0.1) is 0 Å². The quantitative estimate of drug-likeness (QED) is 0.413. The summed E-state index contributed by atoms with van der Waals surface area (Å²) in [7, 11) is 1.37. The summed E-state index contributed by atoms with van der Waals surface area (Å²) in [6, 6.07) is 1.86. The molecule has 3 saturated heterocycles. The third-order valence-electron chi connectivity index (χ3n) is 12.0. The summed E-state index contributed by atoms with van der Waals surface area (Å²) in [6.07, 6.45) is 4.67. The van der Waals surface area contributed by atoms with Gasteiger partial charge in [-0.05, 0) is 49.0 Å². The Morgan fingerprint density at radius 2 is 1.90 bits per heavy atom. The van der Waals surface area contributed by atoms with Crippen molar-refractivity contribution in [1.29, 1.82) is 0 Å². The second kappa shape index (κ2) is 9.05. The number of esters is 3. The number of aliphatic hydroxyl groups is 1. The zero-order chi connectivity index (χ0) is 28.8. The third-order valence-corrected chi connectivity index (χ3v) is 12.0. The van der Waals surface area contributed by atoms with E-state index in [2.05, 4.69) is 13.8 Å². The Kier molecular flexibility index (Phi) is 6.28. The van der Waals surface area contributed by atoms with Crippen LogP contribution in [0.1, 0.15) is 78.4 Å². The van der Waals surface area contributed by atoms with Gasteiger partial charge in [0.15, 0.2) is 5.79 Å². The number of hydrogen-bond acceptors (Lipinski definition) is 9. The Labute approximate surface area is 235 Å². The highest BCUT2D eigenvalue weighted by Crippen LogP contribution is 2.76. The van der Waals surface area contributed by atoms with Crippen molar-refractivity contribution in [2.75, 3.05) is 13.7 Å². The first-order chi connectivity index (χ1) is 18.8. The average molecular weight is 559 g/mol. The van der Waals surface area contributed by atoms with Gasteiger partial charge in [-0.1, -0.05) is 34.6 Å². The molecule has 1 aromatic heterocycles. The van der Waals surface area contributed by atoms with E-state index in [-0.39, 0.29) is 72.4 Å². The highest BCUT2D eigenvalue weighted by molar-refractivity contribution is 5.73. The molecule has 0 amide bonds. The summed E-state index contributed by atoms with van der Waals surface area (Å²) in [5.41, 5.74) is -1.01. The predicted molar refractivity (Wildman–Crippen MR) is 140 cm³/mol. The first-order valence-corrected chi connectivity index (χ1v) is 14.7. The van der Waals surface area contributed by atoms with Gasteiger partial charge in [0, 0.05) is 34.7 Å². The number of rotatable bonds is 5. The van der Waals surface area contributed by atoms with Crippen LogP contribution in [-0.2, 0) is 33.3 Å². The van der Waals surface area contributed by atoms with E-state index >= 15 is 0 Å². The Balaban J connectivity index is 1.47. The summed E-state index contributed by atoms with van der Waals surface area (Å²) in [6.45, 7) is 10.1. The van der Waals surface area contributed by atoms with E-state index in [1.807, 2.05) is 13.0 Å². The Morgan fingerprint density at radius 1 is 1.15 bits per heavy atom. The normalized spacial score (nSPS) is 47.2. The predicted octanol–water partition coefficient (Wildman–Crippen LogP) is 4.43. The number of carbonyl (C=O) groups is 3. The molecule has 6 fully saturated rings. The molecule has 3 saturated carbocycles. The molecule has 4 heterocycles. The number of carbonyl (C=O) groups excluding carboxylic acids is 3. The summed E-state index contributed by atoms with van der Waals surface area (Å²) in [5, 5.41) is 12.5. The zero-order valence-corrected chi connectivity index (χ0v) is 24.3. The van der Waals surface area contributed by atoms with Crippen LogP contribution < -0.4 is 0 Å². The van der Waals surface area contributed by atoms with Crippen molar-refractivity contribution in [2.24, 2.45) is 51.8 Å². The topological polar surface area (TPSA) is 122 Å². The summed E-state index contributed by atoms with van der Waals surface area (Å²) >= 11 is 0. The van der Waals surface area contributed by atoms with Crippen molar-refractivity contribution in [3.05, 3.63) is 24.2 Å². The van der Waals surface area contributed by atoms with Crippen LogP contribution in [0.4, 0.5) is 0 Å². The first-order valence-electron chi connectivity index (χ1n) is 14.7. The van der Waals surface area contributed by atoms with Crippen molar-refractivity contribution < 1.29 is 42.9 Å². The maximum atomic E-state index is 13.1. The molecule has 0 spiro atoms. The van der Waals surface area contributed by atoms with Crippen molar-refractivity contribution in [1.82, 2.24) is 0 Å². The minimum atomic E-state index is -1.58. The smallest absolute Gasteiger partial charge is 0.308 e. The minimum absolute atomic E-state index is 0.0150. The molecule has 4 bridgehead atoms. The molecule has 0 unspecified atom stereocenters. The standard InChI is InChI=1S/C31H42O9/c1-16(2)27(34)40-26-21-11-18-19(30(5)22(13-23(32)36-6)29(26,4)15-38-31(21,30)35)7-9-28(3)20(18)12-24(33)39-25(28)17-8-10-37-14-17/h8,10,14,16,18-22,25-26,35H,7,9,11-13,15H2,1-6H3/t18-,19-,20-,21-,22-,25-,26+,28+,29-,30+,31+/m0/s1. The SMILES string of the molecule is COC(=O)C[C@H]1[C@]2(C)CO[C@]3(O)[C@@H](C[C@@H]4[C@@H]5CC(=O)O[C@@H](c6ccoc6)[C@]5(C)CC[C@@H]4[C@]13C)[C@H]2OC(=O)C(C)C. The van der Waals surface area contributed by atoms with Crippen molar-refractivity contribution >= 4 is 17.9 Å². The molecule has 220 valence electrons. The molecular weight excluding hydrogens is 516 g/mol. The van der Waals surface area contributed by atoms with Crippen molar-refractivity contribution in [3.8, 4) is 0 Å². The first kappa shape index (κ1) is 27.8. The maximum absolute atomic E-state index is 13.1. The lowest BCUT2D eigenvalue weighted by Gasteiger charge is -2.76. The lowest BCUT2D eigenvalue weighted by Crippen LogP contribution is -2.81. The van der Waals surface area contributed by atoms with Crippen LogP contribution in [-0.4, -0.2) is 48.6 Å². The van der Waals surface area contributed by atoms with E-state index in [4.69, 9.17) is 23.4 Å². The van der Waals surface area contributed by atoms with Crippen molar-refractivity contribution in [2.45, 2.75) is 84.7 Å². The van der Waals surface area contributed by atoms with Gasteiger partial charge >= 0.3 is 17.9 Å². The molecule has 40 heavy (non-hydrogen) atoms. The van der Waals surface area contributed by atoms with E-state index in [1.165, 1.54) is 7.11 Å². The van der Waals surface area contributed by atoms with Crippen LogP contribution in [0.15, 0.2) is 23.0 Å². The Hall–Kier alpha value is -2.39. The summed E-state index contributed by atoms with van der Waals surface area (Å²) < 4.78 is 29.1. The monoisotopic (exact) mass is 558 g/mol. The fourth-order valence-electron chi connectivity index (χ4n) is 9.97. The number of hydrogen-bond donors (Lipinski definition) is 1. The Morgan fingerprint density at radius 3 is 2.55 bits per heavy atom. The molecule has 9 nitrogen and oxygen atoms in total. The van der Waals surface area contributed by atoms with Gasteiger partial charge in [-0.2, -0.15) is 0 Å².